The van der Waals surface area contributed by atoms with E-state index in [1.54, 1.807) is 16.4 Å². The van der Waals surface area contributed by atoms with Crippen LogP contribution in [0.15, 0.2) is 40.9 Å². The molecule has 0 unspecified atom stereocenters. The van der Waals surface area contributed by atoms with E-state index in [1.165, 1.54) is 25.0 Å². The van der Waals surface area contributed by atoms with Crippen molar-refractivity contribution in [3.8, 4) is 0 Å². The summed E-state index contributed by atoms with van der Waals surface area (Å²) in [7, 11) is -3.36. The number of hydrogen-bond donors (Lipinski definition) is 0. The molecule has 0 saturated carbocycles. The highest BCUT2D eigenvalue weighted by molar-refractivity contribution is 7.89. The van der Waals surface area contributed by atoms with Gasteiger partial charge in [0.1, 0.15) is 0 Å². The Balaban J connectivity index is 1.72. The van der Waals surface area contributed by atoms with E-state index >= 15 is 0 Å². The van der Waals surface area contributed by atoms with Crippen LogP contribution >= 0.6 is 0 Å². The molecule has 0 radical (unpaired) electrons. The number of nitrogens with zero attached hydrogens (tertiary/aromatic N) is 2. The summed E-state index contributed by atoms with van der Waals surface area (Å²) in [5.74, 6) is 0. The van der Waals surface area contributed by atoms with Gasteiger partial charge in [0.15, 0.2) is 0 Å². The summed E-state index contributed by atoms with van der Waals surface area (Å²) in [6.07, 6.45) is 6.74. The smallest absolute Gasteiger partial charge is 0.243 e. The molecule has 1 aromatic carbocycles. The highest BCUT2D eigenvalue weighted by atomic mass is 32.2. The van der Waals surface area contributed by atoms with Crippen LogP contribution in [-0.4, -0.2) is 43.8 Å². The highest BCUT2D eigenvalue weighted by Gasteiger charge is 2.27. The Kier molecular flexibility index (Phi) is 4.54. The van der Waals surface area contributed by atoms with Crippen LogP contribution in [0.2, 0.25) is 0 Å². The molecule has 2 aliphatic rings. The SMILES string of the molecule is Cc1ccc(S(=O)(=O)N2CC=C(N3CCCCC3)CC2)cc1. The lowest BCUT2D eigenvalue weighted by atomic mass is 10.1. The monoisotopic (exact) mass is 320 g/mol. The van der Waals surface area contributed by atoms with Gasteiger partial charge in [0.05, 0.1) is 4.90 Å². The number of hydrogen-bond acceptors (Lipinski definition) is 3. The van der Waals surface area contributed by atoms with Crippen molar-refractivity contribution in [3.05, 3.63) is 41.6 Å². The Morgan fingerprint density at radius 2 is 1.64 bits per heavy atom. The predicted molar refractivity (Wildman–Crippen MR) is 88.1 cm³/mol. The second-order valence-corrected chi connectivity index (χ2v) is 8.11. The molecule has 0 bridgehead atoms. The van der Waals surface area contributed by atoms with E-state index in [0.717, 1.165) is 25.1 Å². The van der Waals surface area contributed by atoms with Crippen molar-refractivity contribution in [2.24, 2.45) is 0 Å². The van der Waals surface area contributed by atoms with E-state index in [4.69, 9.17) is 0 Å². The Hall–Kier alpha value is -1.33. The minimum absolute atomic E-state index is 0.396. The Morgan fingerprint density at radius 3 is 2.23 bits per heavy atom. The third kappa shape index (κ3) is 3.20. The lowest BCUT2D eigenvalue weighted by Crippen LogP contribution is -2.39. The molecule has 0 atom stereocenters. The predicted octanol–water partition coefficient (Wildman–Crippen LogP) is 2.76. The van der Waals surface area contributed by atoms with Gasteiger partial charge >= 0.3 is 0 Å². The first-order valence-electron chi connectivity index (χ1n) is 8.08. The molecule has 120 valence electrons. The van der Waals surface area contributed by atoms with Crippen molar-refractivity contribution in [1.82, 2.24) is 9.21 Å². The fourth-order valence-electron chi connectivity index (χ4n) is 3.19. The summed E-state index contributed by atoms with van der Waals surface area (Å²) >= 11 is 0. The molecule has 2 aliphatic heterocycles. The standard InChI is InChI=1S/C17H24N2O2S/c1-15-5-7-17(8-6-15)22(20,21)19-13-9-16(10-14-19)18-11-3-2-4-12-18/h5-9H,2-4,10-14H2,1H3. The first kappa shape index (κ1) is 15.6. The van der Waals surface area contributed by atoms with Crippen molar-refractivity contribution in [2.45, 2.75) is 37.5 Å². The topological polar surface area (TPSA) is 40.6 Å². The molecule has 4 nitrogen and oxygen atoms in total. The Labute approximate surface area is 133 Å². The minimum atomic E-state index is -3.36. The summed E-state index contributed by atoms with van der Waals surface area (Å²) in [5, 5.41) is 0. The van der Waals surface area contributed by atoms with Gasteiger partial charge in [0, 0.05) is 38.3 Å². The molecule has 0 spiro atoms. The molecule has 0 aliphatic carbocycles. The molecule has 22 heavy (non-hydrogen) atoms. The van der Waals surface area contributed by atoms with Crippen molar-refractivity contribution < 1.29 is 8.42 Å². The quantitative estimate of drug-likeness (QED) is 0.860. The van der Waals surface area contributed by atoms with Gasteiger partial charge in [0.25, 0.3) is 0 Å². The van der Waals surface area contributed by atoms with E-state index < -0.39 is 10.0 Å². The third-order valence-electron chi connectivity index (χ3n) is 4.57. The van der Waals surface area contributed by atoms with Gasteiger partial charge in [-0.2, -0.15) is 4.31 Å². The van der Waals surface area contributed by atoms with Crippen molar-refractivity contribution >= 4 is 10.0 Å². The number of sulfonamides is 1. The fourth-order valence-corrected chi connectivity index (χ4v) is 4.57. The minimum Gasteiger partial charge on any atom is -0.375 e. The van der Waals surface area contributed by atoms with Gasteiger partial charge in [-0.15, -0.1) is 0 Å². The molecule has 1 fully saturated rings. The number of aryl methyl sites for hydroxylation is 1. The zero-order valence-corrected chi connectivity index (χ0v) is 14.0. The zero-order valence-electron chi connectivity index (χ0n) is 13.2. The Morgan fingerprint density at radius 1 is 0.955 bits per heavy atom. The van der Waals surface area contributed by atoms with E-state index in [0.29, 0.717) is 18.0 Å². The highest BCUT2D eigenvalue weighted by Crippen LogP contribution is 2.24. The average Bonchev–Trinajstić information content (AvgIpc) is 2.56. The van der Waals surface area contributed by atoms with Crippen LogP contribution in [0.1, 0.15) is 31.2 Å². The largest absolute Gasteiger partial charge is 0.375 e. The van der Waals surface area contributed by atoms with Crippen molar-refractivity contribution in [3.63, 3.8) is 0 Å². The lowest BCUT2D eigenvalue weighted by molar-refractivity contribution is 0.262. The second kappa shape index (κ2) is 6.42. The van der Waals surface area contributed by atoms with Gasteiger partial charge in [-0.1, -0.05) is 23.8 Å². The molecule has 1 aromatic rings. The maximum absolute atomic E-state index is 12.7. The number of piperidine rings is 1. The summed E-state index contributed by atoms with van der Waals surface area (Å²) in [5.41, 5.74) is 2.40. The molecule has 0 amide bonds. The third-order valence-corrected chi connectivity index (χ3v) is 6.45. The van der Waals surface area contributed by atoms with E-state index in [-0.39, 0.29) is 0 Å². The molecule has 3 rings (SSSR count). The van der Waals surface area contributed by atoms with Gasteiger partial charge < -0.3 is 4.90 Å². The second-order valence-electron chi connectivity index (χ2n) is 6.17. The first-order valence-corrected chi connectivity index (χ1v) is 9.52. The Bertz CT molecular complexity index is 644. The van der Waals surface area contributed by atoms with Crippen LogP contribution in [0.25, 0.3) is 0 Å². The van der Waals surface area contributed by atoms with E-state index in [1.807, 2.05) is 19.1 Å². The molecule has 0 N–H and O–H groups in total. The van der Waals surface area contributed by atoms with Crippen LogP contribution < -0.4 is 0 Å². The van der Waals surface area contributed by atoms with Crippen molar-refractivity contribution in [1.29, 1.82) is 0 Å². The summed E-state index contributed by atoms with van der Waals surface area (Å²) in [4.78, 5) is 2.83. The van der Waals surface area contributed by atoms with Gasteiger partial charge in [0.2, 0.25) is 10.0 Å². The van der Waals surface area contributed by atoms with E-state index in [2.05, 4.69) is 11.0 Å². The first-order chi connectivity index (χ1) is 10.6. The molecule has 2 heterocycles. The summed E-state index contributed by atoms with van der Waals surface area (Å²) in [6.45, 7) is 5.28. The maximum Gasteiger partial charge on any atom is 0.243 e. The molecule has 1 saturated heterocycles. The maximum atomic E-state index is 12.7. The van der Waals surface area contributed by atoms with Gasteiger partial charge in [-0.3, -0.25) is 0 Å². The molecule has 0 aromatic heterocycles. The summed E-state index contributed by atoms with van der Waals surface area (Å²) < 4.78 is 26.9. The molecular formula is C17H24N2O2S. The number of rotatable bonds is 3. The van der Waals surface area contributed by atoms with Crippen LogP contribution in [0.4, 0.5) is 0 Å². The van der Waals surface area contributed by atoms with Crippen LogP contribution in [0.5, 0.6) is 0 Å². The van der Waals surface area contributed by atoms with E-state index in [9.17, 15) is 8.42 Å². The molecular weight excluding hydrogens is 296 g/mol. The number of benzene rings is 1. The van der Waals surface area contributed by atoms with Crippen LogP contribution in [0.3, 0.4) is 0 Å². The van der Waals surface area contributed by atoms with Crippen molar-refractivity contribution in [2.75, 3.05) is 26.2 Å². The van der Waals surface area contributed by atoms with Gasteiger partial charge in [-0.25, -0.2) is 8.42 Å². The lowest BCUT2D eigenvalue weighted by Gasteiger charge is -2.35. The normalized spacial score (nSPS) is 20.8. The van der Waals surface area contributed by atoms with Crippen LogP contribution in [-0.2, 0) is 10.0 Å². The average molecular weight is 320 g/mol. The number of likely N-dealkylation sites (tertiary alicyclic amines) is 1. The summed E-state index contributed by atoms with van der Waals surface area (Å²) in [6, 6.07) is 7.11. The van der Waals surface area contributed by atoms with Gasteiger partial charge in [-0.05, 0) is 38.3 Å². The zero-order chi connectivity index (χ0) is 15.6. The van der Waals surface area contributed by atoms with Crippen LogP contribution in [0, 0.1) is 6.92 Å². The molecule has 5 heteroatoms. The fraction of sp³-hybridized carbons (Fsp3) is 0.529.